The van der Waals surface area contributed by atoms with Crippen molar-refractivity contribution in [3.05, 3.63) is 24.0 Å². The van der Waals surface area contributed by atoms with E-state index in [-0.39, 0.29) is 6.67 Å². The van der Waals surface area contributed by atoms with E-state index in [1.807, 2.05) is 10.6 Å². The first kappa shape index (κ1) is 7.80. The van der Waals surface area contributed by atoms with E-state index < -0.39 is 0 Å². The number of nitrogens with zero attached hydrogens (tertiary/aromatic N) is 2. The molecule has 0 atom stereocenters. The first-order chi connectivity index (χ1) is 5.36. The average molecular weight is 152 g/mol. The van der Waals surface area contributed by atoms with Crippen molar-refractivity contribution in [2.24, 2.45) is 0 Å². The maximum atomic E-state index is 11.7. The van der Waals surface area contributed by atoms with Gasteiger partial charge in [0.05, 0.1) is 12.2 Å². The monoisotopic (exact) mass is 152 g/mol. The van der Waals surface area contributed by atoms with Crippen molar-refractivity contribution >= 4 is 0 Å². The van der Waals surface area contributed by atoms with Crippen LogP contribution in [-0.2, 0) is 6.54 Å². The average Bonchev–Trinajstić information content (AvgIpc) is 2.48. The molecule has 0 saturated carbocycles. The summed E-state index contributed by atoms with van der Waals surface area (Å²) in [7, 11) is 0. The highest BCUT2D eigenvalue weighted by Gasteiger charge is 1.93. The molecule has 1 heterocycles. The minimum absolute atomic E-state index is 0.305. The van der Waals surface area contributed by atoms with Crippen molar-refractivity contribution in [1.82, 2.24) is 4.57 Å². The second-order valence-electron chi connectivity index (χ2n) is 2.29. The van der Waals surface area contributed by atoms with Gasteiger partial charge in [0.15, 0.2) is 0 Å². The summed E-state index contributed by atoms with van der Waals surface area (Å²) in [4.78, 5) is 0. The van der Waals surface area contributed by atoms with Crippen LogP contribution in [0.15, 0.2) is 18.5 Å². The Labute approximate surface area is 64.9 Å². The lowest BCUT2D eigenvalue weighted by atomic mass is 10.4. The van der Waals surface area contributed by atoms with Crippen LogP contribution >= 0.6 is 0 Å². The lowest BCUT2D eigenvalue weighted by Gasteiger charge is -1.96. The summed E-state index contributed by atoms with van der Waals surface area (Å²) in [5, 5.41) is 8.44. The van der Waals surface area contributed by atoms with Gasteiger partial charge in [0.1, 0.15) is 6.07 Å². The Hall–Kier alpha value is -1.30. The van der Waals surface area contributed by atoms with Gasteiger partial charge in [-0.1, -0.05) is 0 Å². The highest BCUT2D eigenvalue weighted by Crippen LogP contribution is 1.99. The predicted octanol–water partition coefficient (Wildman–Crippen LogP) is 1.72. The molecular formula is C8H9FN2. The molecule has 0 amide bonds. The van der Waals surface area contributed by atoms with Gasteiger partial charge in [-0.05, 0) is 12.5 Å². The van der Waals surface area contributed by atoms with Gasteiger partial charge in [-0.3, -0.25) is 4.39 Å². The van der Waals surface area contributed by atoms with Crippen molar-refractivity contribution in [3.63, 3.8) is 0 Å². The minimum atomic E-state index is -0.305. The predicted molar refractivity (Wildman–Crippen MR) is 39.7 cm³/mol. The summed E-state index contributed by atoms with van der Waals surface area (Å²) in [6.45, 7) is 0.345. The van der Waals surface area contributed by atoms with Crippen molar-refractivity contribution in [3.8, 4) is 6.07 Å². The number of nitriles is 1. The fraction of sp³-hybridized carbons (Fsp3) is 0.375. The van der Waals surface area contributed by atoms with E-state index in [0.29, 0.717) is 18.5 Å². The third kappa shape index (κ3) is 2.08. The van der Waals surface area contributed by atoms with Crippen molar-refractivity contribution in [2.75, 3.05) is 6.67 Å². The summed E-state index contributed by atoms with van der Waals surface area (Å²) in [6.07, 6.45) is 4.02. The molecule has 0 fully saturated rings. The van der Waals surface area contributed by atoms with Crippen LogP contribution in [0.1, 0.15) is 12.0 Å². The number of rotatable bonds is 3. The van der Waals surface area contributed by atoms with Crippen molar-refractivity contribution in [2.45, 2.75) is 13.0 Å². The molecule has 0 aliphatic carbocycles. The summed E-state index contributed by atoms with van der Waals surface area (Å²) in [6, 6.07) is 3.73. The van der Waals surface area contributed by atoms with Crippen LogP contribution in [0.25, 0.3) is 0 Å². The molecule has 1 aromatic rings. The van der Waals surface area contributed by atoms with Gasteiger partial charge in [0.2, 0.25) is 0 Å². The normalized spacial score (nSPS) is 9.45. The van der Waals surface area contributed by atoms with E-state index >= 15 is 0 Å². The van der Waals surface area contributed by atoms with Gasteiger partial charge in [-0.15, -0.1) is 0 Å². The standard InChI is InChI=1S/C8H9FN2/c9-3-1-4-11-5-2-8(6-10)7-11/h2,5,7H,1,3-4H2. The summed E-state index contributed by atoms with van der Waals surface area (Å²) >= 11 is 0. The number of hydrogen-bond acceptors (Lipinski definition) is 1. The third-order valence-electron chi connectivity index (χ3n) is 1.43. The molecule has 1 aromatic heterocycles. The highest BCUT2D eigenvalue weighted by atomic mass is 19.1. The lowest BCUT2D eigenvalue weighted by Crippen LogP contribution is -1.94. The van der Waals surface area contributed by atoms with E-state index in [2.05, 4.69) is 0 Å². The zero-order valence-electron chi connectivity index (χ0n) is 6.13. The van der Waals surface area contributed by atoms with Crippen LogP contribution in [-0.4, -0.2) is 11.2 Å². The molecule has 3 heteroatoms. The van der Waals surface area contributed by atoms with Crippen LogP contribution < -0.4 is 0 Å². The number of aryl methyl sites for hydroxylation is 1. The zero-order valence-corrected chi connectivity index (χ0v) is 6.13. The minimum Gasteiger partial charge on any atom is -0.353 e. The first-order valence-electron chi connectivity index (χ1n) is 3.48. The Balaban J connectivity index is 2.53. The smallest absolute Gasteiger partial charge is 0.101 e. The van der Waals surface area contributed by atoms with E-state index in [1.165, 1.54) is 0 Å². The summed E-state index contributed by atoms with van der Waals surface area (Å²) < 4.78 is 13.5. The van der Waals surface area contributed by atoms with E-state index in [9.17, 15) is 4.39 Å². The molecule has 0 saturated heterocycles. The Morgan fingerprint density at radius 3 is 3.00 bits per heavy atom. The fourth-order valence-corrected chi connectivity index (χ4v) is 0.888. The molecule has 0 aliphatic heterocycles. The third-order valence-corrected chi connectivity index (χ3v) is 1.43. The number of alkyl halides is 1. The molecular weight excluding hydrogens is 143 g/mol. The largest absolute Gasteiger partial charge is 0.353 e. The molecule has 58 valence electrons. The maximum Gasteiger partial charge on any atom is 0.101 e. The number of aromatic nitrogens is 1. The van der Waals surface area contributed by atoms with Crippen molar-refractivity contribution in [1.29, 1.82) is 5.26 Å². The Morgan fingerprint density at radius 2 is 2.45 bits per heavy atom. The van der Waals surface area contributed by atoms with Crippen LogP contribution in [0.5, 0.6) is 0 Å². The van der Waals surface area contributed by atoms with Crippen LogP contribution in [0.3, 0.4) is 0 Å². The van der Waals surface area contributed by atoms with Gasteiger partial charge >= 0.3 is 0 Å². The second kappa shape index (κ2) is 3.77. The van der Waals surface area contributed by atoms with Crippen LogP contribution in [0.4, 0.5) is 4.39 Å². The molecule has 1 rings (SSSR count). The van der Waals surface area contributed by atoms with Gasteiger partial charge in [0, 0.05) is 18.9 Å². The van der Waals surface area contributed by atoms with Gasteiger partial charge in [-0.25, -0.2) is 0 Å². The van der Waals surface area contributed by atoms with Crippen LogP contribution in [0, 0.1) is 11.3 Å². The Morgan fingerprint density at radius 1 is 1.64 bits per heavy atom. The fourth-order valence-electron chi connectivity index (χ4n) is 0.888. The van der Waals surface area contributed by atoms with Crippen molar-refractivity contribution < 1.29 is 4.39 Å². The molecule has 2 nitrogen and oxygen atoms in total. The quantitative estimate of drug-likeness (QED) is 0.648. The van der Waals surface area contributed by atoms with Gasteiger partial charge in [-0.2, -0.15) is 5.26 Å². The topological polar surface area (TPSA) is 28.7 Å². The van der Waals surface area contributed by atoms with E-state index in [4.69, 9.17) is 5.26 Å². The Bertz CT molecular complexity index is 259. The zero-order chi connectivity index (χ0) is 8.10. The molecule has 0 aliphatic rings. The molecule has 0 radical (unpaired) electrons. The molecule has 0 spiro atoms. The molecule has 0 N–H and O–H groups in total. The summed E-state index contributed by atoms with van der Waals surface area (Å²) in [5.41, 5.74) is 0.629. The molecule has 0 bridgehead atoms. The molecule has 0 aromatic carbocycles. The highest BCUT2D eigenvalue weighted by molar-refractivity contribution is 5.25. The first-order valence-corrected chi connectivity index (χ1v) is 3.48. The van der Waals surface area contributed by atoms with Crippen LogP contribution in [0.2, 0.25) is 0 Å². The van der Waals surface area contributed by atoms with Gasteiger partial charge < -0.3 is 4.57 Å². The SMILES string of the molecule is N#Cc1ccn(CCCF)c1. The van der Waals surface area contributed by atoms with E-state index in [0.717, 1.165) is 0 Å². The lowest BCUT2D eigenvalue weighted by molar-refractivity contribution is 0.447. The maximum absolute atomic E-state index is 11.7. The summed E-state index contributed by atoms with van der Waals surface area (Å²) in [5.74, 6) is 0. The Kier molecular flexibility index (Phi) is 2.67. The number of halogens is 1. The van der Waals surface area contributed by atoms with Gasteiger partial charge in [0.25, 0.3) is 0 Å². The van der Waals surface area contributed by atoms with E-state index in [1.54, 1.807) is 18.5 Å². The second-order valence-corrected chi connectivity index (χ2v) is 2.29. The molecule has 0 unspecified atom stereocenters. The molecule has 11 heavy (non-hydrogen) atoms. The number of hydrogen-bond donors (Lipinski definition) is 0.